The molecule has 1 aliphatic heterocycles. The third-order valence-corrected chi connectivity index (χ3v) is 4.22. The molecule has 0 aromatic carbocycles. The van der Waals surface area contributed by atoms with Crippen molar-refractivity contribution in [1.82, 2.24) is 10.2 Å². The summed E-state index contributed by atoms with van der Waals surface area (Å²) < 4.78 is 0. The number of urea groups is 1. The zero-order chi connectivity index (χ0) is 13.7. The lowest BCUT2D eigenvalue weighted by atomic mass is 10.1. The number of hydrogen-bond donors (Lipinski definition) is 2. The Kier molecular flexibility index (Phi) is 5.05. The van der Waals surface area contributed by atoms with Crippen LogP contribution in [0.1, 0.15) is 51.4 Å². The monoisotopic (exact) mass is 268 g/mol. The molecule has 0 aromatic heterocycles. The number of hydrogen-bond acceptors (Lipinski definition) is 2. The topological polar surface area (TPSA) is 69.6 Å². The summed E-state index contributed by atoms with van der Waals surface area (Å²) in [6, 6.07) is 0.313. The van der Waals surface area contributed by atoms with E-state index in [0.29, 0.717) is 19.1 Å². The number of carboxylic acid groups (broad SMARTS) is 1. The Morgan fingerprint density at radius 2 is 1.79 bits per heavy atom. The molecule has 2 rings (SSSR count). The molecule has 1 heterocycles. The molecule has 19 heavy (non-hydrogen) atoms. The first-order valence-electron chi connectivity index (χ1n) is 7.42. The number of carboxylic acids is 1. The molecule has 2 N–H and O–H groups in total. The fourth-order valence-corrected chi connectivity index (χ4v) is 3.12. The molecule has 0 radical (unpaired) electrons. The molecule has 5 nitrogen and oxygen atoms in total. The van der Waals surface area contributed by atoms with Crippen LogP contribution in [0.3, 0.4) is 0 Å². The third-order valence-electron chi connectivity index (χ3n) is 4.22. The largest absolute Gasteiger partial charge is 0.481 e. The van der Waals surface area contributed by atoms with Gasteiger partial charge in [0.15, 0.2) is 0 Å². The normalized spacial score (nSPS) is 25.1. The van der Waals surface area contributed by atoms with Crippen molar-refractivity contribution in [3.8, 4) is 0 Å². The molecule has 2 aliphatic rings. The summed E-state index contributed by atoms with van der Waals surface area (Å²) in [5.41, 5.74) is 0. The van der Waals surface area contributed by atoms with Gasteiger partial charge in [0.1, 0.15) is 0 Å². The van der Waals surface area contributed by atoms with Gasteiger partial charge in [-0.25, -0.2) is 4.79 Å². The zero-order valence-corrected chi connectivity index (χ0v) is 11.4. The summed E-state index contributed by atoms with van der Waals surface area (Å²) in [6.07, 6.45) is 8.10. The van der Waals surface area contributed by atoms with Gasteiger partial charge >= 0.3 is 12.0 Å². The van der Waals surface area contributed by atoms with Crippen LogP contribution in [0.2, 0.25) is 0 Å². The maximum absolute atomic E-state index is 12.1. The summed E-state index contributed by atoms with van der Waals surface area (Å²) >= 11 is 0. The second kappa shape index (κ2) is 6.78. The van der Waals surface area contributed by atoms with Crippen molar-refractivity contribution in [3.05, 3.63) is 0 Å². The number of carbonyl (C=O) groups is 2. The molecule has 2 fully saturated rings. The smallest absolute Gasteiger partial charge is 0.317 e. The highest BCUT2D eigenvalue weighted by molar-refractivity contribution is 5.75. The Hall–Kier alpha value is -1.26. The van der Waals surface area contributed by atoms with E-state index in [1.54, 1.807) is 4.90 Å². The minimum absolute atomic E-state index is 0.000196. The van der Waals surface area contributed by atoms with Crippen molar-refractivity contribution in [3.63, 3.8) is 0 Å². The Bertz CT molecular complexity index is 325. The minimum Gasteiger partial charge on any atom is -0.481 e. The van der Waals surface area contributed by atoms with E-state index in [0.717, 1.165) is 19.3 Å². The first kappa shape index (κ1) is 14.2. The molecule has 1 saturated carbocycles. The van der Waals surface area contributed by atoms with Crippen molar-refractivity contribution in [1.29, 1.82) is 0 Å². The van der Waals surface area contributed by atoms with E-state index >= 15 is 0 Å². The molecule has 2 amide bonds. The number of rotatable bonds is 3. The Morgan fingerprint density at radius 3 is 2.42 bits per heavy atom. The lowest BCUT2D eigenvalue weighted by Crippen LogP contribution is -2.43. The van der Waals surface area contributed by atoms with Gasteiger partial charge in [-0.3, -0.25) is 4.79 Å². The van der Waals surface area contributed by atoms with Crippen LogP contribution in [0, 0.1) is 5.92 Å². The van der Waals surface area contributed by atoms with Gasteiger partial charge < -0.3 is 15.3 Å². The van der Waals surface area contributed by atoms with Gasteiger partial charge in [-0.1, -0.05) is 25.7 Å². The highest BCUT2D eigenvalue weighted by atomic mass is 16.4. The summed E-state index contributed by atoms with van der Waals surface area (Å²) in [4.78, 5) is 24.6. The van der Waals surface area contributed by atoms with Gasteiger partial charge in [0.25, 0.3) is 0 Å². The van der Waals surface area contributed by atoms with Crippen molar-refractivity contribution >= 4 is 12.0 Å². The fourth-order valence-electron chi connectivity index (χ4n) is 3.12. The highest BCUT2D eigenvalue weighted by Crippen LogP contribution is 2.21. The maximum Gasteiger partial charge on any atom is 0.317 e. The average Bonchev–Trinajstić information content (AvgIpc) is 2.66. The Balaban J connectivity index is 1.75. The average molecular weight is 268 g/mol. The van der Waals surface area contributed by atoms with E-state index in [2.05, 4.69) is 5.32 Å². The van der Waals surface area contributed by atoms with E-state index in [-0.39, 0.29) is 18.4 Å². The molecule has 1 aliphatic carbocycles. The van der Waals surface area contributed by atoms with Gasteiger partial charge in [0, 0.05) is 25.6 Å². The summed E-state index contributed by atoms with van der Waals surface area (Å²) in [7, 11) is 0. The van der Waals surface area contributed by atoms with Crippen LogP contribution in [0.15, 0.2) is 0 Å². The number of likely N-dealkylation sites (tertiary alicyclic amines) is 1. The molecule has 1 atom stereocenters. The first-order chi connectivity index (χ1) is 9.15. The van der Waals surface area contributed by atoms with Crippen molar-refractivity contribution in [2.45, 2.75) is 57.4 Å². The minimum atomic E-state index is -0.768. The summed E-state index contributed by atoms with van der Waals surface area (Å²) in [5.74, 6) is -0.645. The van der Waals surface area contributed by atoms with Crippen molar-refractivity contribution in [2.75, 3.05) is 13.1 Å². The predicted octanol–water partition coefficient (Wildman–Crippen LogP) is 2.22. The maximum atomic E-state index is 12.1. The number of nitrogens with zero attached hydrogens (tertiary/aromatic N) is 1. The molecule has 108 valence electrons. The lowest BCUT2D eigenvalue weighted by molar-refractivity contribution is -0.138. The van der Waals surface area contributed by atoms with E-state index in [1.807, 2.05) is 0 Å². The standard InChI is InChI=1S/C14H24N2O3/c17-13(18)9-11-7-8-16(10-11)14(19)15-12-5-3-1-2-4-6-12/h11-12H,1-10H2,(H,15,19)(H,17,18). The van der Waals surface area contributed by atoms with Gasteiger partial charge in [0.2, 0.25) is 0 Å². The number of aliphatic carboxylic acids is 1. The quantitative estimate of drug-likeness (QED) is 0.771. The molecule has 1 unspecified atom stereocenters. The second-order valence-corrected chi connectivity index (χ2v) is 5.84. The molecule has 0 bridgehead atoms. The van der Waals surface area contributed by atoms with E-state index in [1.165, 1.54) is 25.7 Å². The Morgan fingerprint density at radius 1 is 1.11 bits per heavy atom. The second-order valence-electron chi connectivity index (χ2n) is 5.84. The van der Waals surface area contributed by atoms with Crippen LogP contribution < -0.4 is 5.32 Å². The van der Waals surface area contributed by atoms with Crippen LogP contribution >= 0.6 is 0 Å². The molecular formula is C14H24N2O3. The number of amides is 2. The van der Waals surface area contributed by atoms with E-state index < -0.39 is 5.97 Å². The predicted molar refractivity (Wildman–Crippen MR) is 72.0 cm³/mol. The van der Waals surface area contributed by atoms with Crippen LogP contribution in [0.5, 0.6) is 0 Å². The van der Waals surface area contributed by atoms with Crippen LogP contribution in [0.25, 0.3) is 0 Å². The number of carbonyl (C=O) groups excluding carboxylic acids is 1. The zero-order valence-electron chi connectivity index (χ0n) is 11.4. The highest BCUT2D eigenvalue weighted by Gasteiger charge is 2.28. The molecule has 0 aromatic rings. The SMILES string of the molecule is O=C(O)CC1CCN(C(=O)NC2CCCCCC2)C1. The van der Waals surface area contributed by atoms with Gasteiger partial charge in [-0.15, -0.1) is 0 Å². The number of nitrogens with one attached hydrogen (secondary N) is 1. The van der Waals surface area contributed by atoms with Gasteiger partial charge in [-0.05, 0) is 25.2 Å². The fraction of sp³-hybridized carbons (Fsp3) is 0.857. The van der Waals surface area contributed by atoms with E-state index in [9.17, 15) is 9.59 Å². The van der Waals surface area contributed by atoms with Gasteiger partial charge in [-0.2, -0.15) is 0 Å². The summed E-state index contributed by atoms with van der Waals surface area (Å²) in [5, 5.41) is 11.9. The molecular weight excluding hydrogens is 244 g/mol. The Labute approximate surface area is 114 Å². The van der Waals surface area contributed by atoms with Crippen LogP contribution in [0.4, 0.5) is 4.79 Å². The lowest BCUT2D eigenvalue weighted by Gasteiger charge is -2.22. The van der Waals surface area contributed by atoms with Gasteiger partial charge in [0.05, 0.1) is 0 Å². The van der Waals surface area contributed by atoms with Crippen molar-refractivity contribution in [2.24, 2.45) is 5.92 Å². The molecule has 1 saturated heterocycles. The van der Waals surface area contributed by atoms with Crippen LogP contribution in [-0.4, -0.2) is 41.1 Å². The van der Waals surface area contributed by atoms with Crippen molar-refractivity contribution < 1.29 is 14.7 Å². The third kappa shape index (κ3) is 4.40. The molecule has 0 spiro atoms. The van der Waals surface area contributed by atoms with E-state index in [4.69, 9.17) is 5.11 Å². The first-order valence-corrected chi connectivity index (χ1v) is 7.42. The summed E-state index contributed by atoms with van der Waals surface area (Å²) in [6.45, 7) is 1.28. The van der Waals surface area contributed by atoms with Crippen LogP contribution in [-0.2, 0) is 4.79 Å². The molecule has 5 heteroatoms.